The van der Waals surface area contributed by atoms with Crippen LogP contribution in [-0.2, 0) is 5.41 Å². The summed E-state index contributed by atoms with van der Waals surface area (Å²) in [6.07, 6.45) is 7.58. The molecule has 0 bridgehead atoms. The van der Waals surface area contributed by atoms with E-state index in [0.717, 1.165) is 40.8 Å². The van der Waals surface area contributed by atoms with Crippen molar-refractivity contribution in [3.8, 4) is 16.9 Å². The van der Waals surface area contributed by atoms with E-state index in [4.69, 9.17) is 4.74 Å². The Morgan fingerprint density at radius 3 is 2.47 bits per heavy atom. The number of non-ortho nitro benzene ring substituents is 1. The van der Waals surface area contributed by atoms with Gasteiger partial charge in [0.25, 0.3) is 11.2 Å². The zero-order valence-electron chi connectivity index (χ0n) is 16.8. The van der Waals surface area contributed by atoms with Crippen LogP contribution in [0.15, 0.2) is 59.5 Å². The van der Waals surface area contributed by atoms with Crippen LogP contribution in [0.2, 0.25) is 0 Å². The van der Waals surface area contributed by atoms with Gasteiger partial charge in [-0.05, 0) is 65.8 Å². The second-order valence-electron chi connectivity index (χ2n) is 7.80. The van der Waals surface area contributed by atoms with Crippen molar-refractivity contribution >= 4 is 17.8 Å². The van der Waals surface area contributed by atoms with Crippen molar-refractivity contribution in [2.45, 2.75) is 25.2 Å². The van der Waals surface area contributed by atoms with E-state index in [0.29, 0.717) is 5.56 Å². The highest BCUT2D eigenvalue weighted by atomic mass is 16.6. The molecule has 4 rings (SSSR count). The summed E-state index contributed by atoms with van der Waals surface area (Å²) in [5, 5.41) is 10.9. The summed E-state index contributed by atoms with van der Waals surface area (Å²) in [5.74, 6) is 0.796. The molecule has 2 aromatic carbocycles. The van der Waals surface area contributed by atoms with Crippen molar-refractivity contribution in [1.82, 2.24) is 4.98 Å². The van der Waals surface area contributed by atoms with Crippen LogP contribution >= 0.6 is 0 Å². The topological polar surface area (TPSA) is 85.2 Å². The van der Waals surface area contributed by atoms with E-state index in [1.54, 1.807) is 25.4 Å². The van der Waals surface area contributed by atoms with Crippen molar-refractivity contribution < 1.29 is 9.66 Å². The molecular formula is C24H22N2O4. The predicted octanol–water partition coefficient (Wildman–Crippen LogP) is 5.18. The number of aromatic amines is 1. The minimum absolute atomic E-state index is 0.0405. The average Bonchev–Trinajstić information content (AvgIpc) is 3.50. The van der Waals surface area contributed by atoms with Crippen LogP contribution in [0, 0.1) is 10.1 Å². The first-order chi connectivity index (χ1) is 14.4. The van der Waals surface area contributed by atoms with Gasteiger partial charge in [0.05, 0.1) is 12.0 Å². The lowest BCUT2D eigenvalue weighted by Gasteiger charge is -2.18. The molecule has 0 saturated heterocycles. The minimum Gasteiger partial charge on any atom is -0.496 e. The fourth-order valence-corrected chi connectivity index (χ4v) is 3.61. The first kappa shape index (κ1) is 19.6. The lowest BCUT2D eigenvalue weighted by molar-refractivity contribution is -0.384. The van der Waals surface area contributed by atoms with Crippen LogP contribution in [0.5, 0.6) is 5.75 Å². The Balaban J connectivity index is 1.81. The van der Waals surface area contributed by atoms with Gasteiger partial charge in [0, 0.05) is 35.0 Å². The number of nitrogens with zero attached hydrogens (tertiary/aromatic N) is 1. The molecule has 1 fully saturated rings. The summed E-state index contributed by atoms with van der Waals surface area (Å²) in [7, 11) is 1.66. The molecule has 3 aromatic rings. The summed E-state index contributed by atoms with van der Waals surface area (Å²) in [4.78, 5) is 25.5. The molecule has 1 aliphatic carbocycles. The Bertz CT molecular complexity index is 1190. The van der Waals surface area contributed by atoms with Crippen molar-refractivity contribution in [2.24, 2.45) is 0 Å². The lowest BCUT2D eigenvalue weighted by atomic mass is 9.90. The smallest absolute Gasteiger partial charge is 0.269 e. The second kappa shape index (κ2) is 7.63. The molecule has 0 aliphatic heterocycles. The van der Waals surface area contributed by atoms with Gasteiger partial charge in [0.1, 0.15) is 5.75 Å². The maximum Gasteiger partial charge on any atom is 0.269 e. The van der Waals surface area contributed by atoms with Gasteiger partial charge >= 0.3 is 0 Å². The number of nitrogens with one attached hydrogen (secondary N) is 1. The van der Waals surface area contributed by atoms with Gasteiger partial charge in [-0.2, -0.15) is 0 Å². The fourth-order valence-electron chi connectivity index (χ4n) is 3.61. The molecule has 1 aromatic heterocycles. The Morgan fingerprint density at radius 2 is 1.87 bits per heavy atom. The summed E-state index contributed by atoms with van der Waals surface area (Å²) >= 11 is 0. The molecular weight excluding hydrogens is 380 g/mol. The maximum atomic E-state index is 12.4. The van der Waals surface area contributed by atoms with Crippen LogP contribution in [-0.4, -0.2) is 17.0 Å². The summed E-state index contributed by atoms with van der Waals surface area (Å²) in [6, 6.07) is 14.0. The molecule has 0 spiro atoms. The highest BCUT2D eigenvalue weighted by Crippen LogP contribution is 2.52. The quantitative estimate of drug-likeness (QED) is 0.350. The number of nitro groups is 1. The monoisotopic (exact) mass is 402 g/mol. The van der Waals surface area contributed by atoms with E-state index >= 15 is 0 Å². The zero-order valence-corrected chi connectivity index (χ0v) is 16.8. The molecule has 1 saturated carbocycles. The van der Waals surface area contributed by atoms with E-state index in [9.17, 15) is 14.9 Å². The summed E-state index contributed by atoms with van der Waals surface area (Å²) < 4.78 is 5.78. The van der Waals surface area contributed by atoms with Crippen LogP contribution in [0.1, 0.15) is 36.5 Å². The van der Waals surface area contributed by atoms with Gasteiger partial charge in [-0.1, -0.05) is 19.1 Å². The molecule has 1 heterocycles. The predicted molar refractivity (Wildman–Crippen MR) is 118 cm³/mol. The van der Waals surface area contributed by atoms with Crippen molar-refractivity contribution in [2.75, 3.05) is 7.11 Å². The highest BCUT2D eigenvalue weighted by Gasteiger charge is 2.42. The van der Waals surface area contributed by atoms with Gasteiger partial charge in [0.2, 0.25) is 0 Å². The number of aromatic nitrogens is 1. The molecule has 6 heteroatoms. The van der Waals surface area contributed by atoms with Crippen LogP contribution < -0.4 is 10.3 Å². The van der Waals surface area contributed by atoms with Crippen molar-refractivity contribution in [3.05, 3.63) is 91.9 Å². The average molecular weight is 402 g/mol. The van der Waals surface area contributed by atoms with Gasteiger partial charge in [-0.25, -0.2) is 0 Å². The maximum absolute atomic E-state index is 12.4. The molecule has 0 amide bonds. The summed E-state index contributed by atoms with van der Waals surface area (Å²) in [6.45, 7) is 2.20. The van der Waals surface area contributed by atoms with Crippen LogP contribution in [0.3, 0.4) is 0 Å². The second-order valence-corrected chi connectivity index (χ2v) is 7.80. The molecule has 1 N–H and O–H groups in total. The third kappa shape index (κ3) is 3.76. The third-order valence-corrected chi connectivity index (χ3v) is 5.66. The molecule has 152 valence electrons. The van der Waals surface area contributed by atoms with Crippen LogP contribution in [0.4, 0.5) is 5.69 Å². The van der Waals surface area contributed by atoms with Crippen LogP contribution in [0.25, 0.3) is 23.3 Å². The first-order valence-electron chi connectivity index (χ1n) is 9.74. The lowest BCUT2D eigenvalue weighted by Crippen LogP contribution is -2.09. The number of benzene rings is 2. The minimum atomic E-state index is -0.417. The largest absolute Gasteiger partial charge is 0.496 e. The Kier molecular flexibility index (Phi) is 4.99. The van der Waals surface area contributed by atoms with Crippen molar-refractivity contribution in [1.29, 1.82) is 0 Å². The molecule has 0 atom stereocenters. The van der Waals surface area contributed by atoms with Crippen molar-refractivity contribution in [3.63, 3.8) is 0 Å². The number of ether oxygens (including phenoxy) is 1. The Hall–Kier alpha value is -3.67. The van der Waals surface area contributed by atoms with E-state index < -0.39 is 4.92 Å². The Labute approximate surface area is 174 Å². The molecule has 6 nitrogen and oxygen atoms in total. The normalized spacial score (nSPS) is 14.6. The molecule has 1 aliphatic rings. The number of nitro benzene ring substituents is 1. The number of methoxy groups -OCH3 is 1. The van der Waals surface area contributed by atoms with E-state index in [1.807, 2.05) is 30.4 Å². The SMILES string of the molecule is COc1c(C=Cc2ccc([N+](=O)[O-])cc2)cc(-c2ccc[nH]c2=O)cc1C1(C)CC1. The number of pyridine rings is 1. The number of rotatable bonds is 6. The third-order valence-electron chi connectivity index (χ3n) is 5.66. The zero-order chi connectivity index (χ0) is 21.3. The Morgan fingerprint density at radius 1 is 1.13 bits per heavy atom. The number of hydrogen-bond donors (Lipinski definition) is 1. The molecule has 0 radical (unpaired) electrons. The highest BCUT2D eigenvalue weighted by molar-refractivity contribution is 5.79. The van der Waals surface area contributed by atoms with Gasteiger partial charge in [-0.15, -0.1) is 0 Å². The van der Waals surface area contributed by atoms with E-state index in [2.05, 4.69) is 18.0 Å². The molecule has 0 unspecified atom stereocenters. The fraction of sp³-hybridized carbons (Fsp3) is 0.208. The first-order valence-corrected chi connectivity index (χ1v) is 9.74. The van der Waals surface area contributed by atoms with Gasteiger partial charge < -0.3 is 9.72 Å². The van der Waals surface area contributed by atoms with E-state index in [1.165, 1.54) is 12.1 Å². The van der Waals surface area contributed by atoms with Gasteiger partial charge in [-0.3, -0.25) is 14.9 Å². The van der Waals surface area contributed by atoms with E-state index in [-0.39, 0.29) is 16.7 Å². The standard InChI is InChI=1S/C24H22N2O4/c1-24(11-12-24)21-15-18(20-4-3-13-25-23(20)27)14-17(22(21)30-2)8-5-16-6-9-19(10-7-16)26(28)29/h3-10,13-15H,11-12H2,1-2H3,(H,25,27). The van der Waals surface area contributed by atoms with Gasteiger partial charge in [0.15, 0.2) is 0 Å². The molecule has 30 heavy (non-hydrogen) atoms. The number of H-pyrrole nitrogens is 1. The summed E-state index contributed by atoms with van der Waals surface area (Å²) in [5.41, 5.74) is 4.19. The number of hydrogen-bond acceptors (Lipinski definition) is 4.